The van der Waals surface area contributed by atoms with E-state index in [-0.39, 0.29) is 0 Å². The molecule has 0 fully saturated rings. The lowest BCUT2D eigenvalue weighted by Crippen LogP contribution is -2.03. The van der Waals surface area contributed by atoms with Gasteiger partial charge < -0.3 is 5.32 Å². The molecule has 0 saturated carbocycles. The molecule has 3 nitrogen and oxygen atoms in total. The molecular formula is C14H19N3. The summed E-state index contributed by atoms with van der Waals surface area (Å²) in [7, 11) is 0. The van der Waals surface area contributed by atoms with Crippen LogP contribution in [-0.2, 0) is 0 Å². The van der Waals surface area contributed by atoms with Gasteiger partial charge in [-0.1, -0.05) is 32.2 Å². The Balaban J connectivity index is 3.27. The van der Waals surface area contributed by atoms with Crippen LogP contribution in [0.1, 0.15) is 30.4 Å². The highest BCUT2D eigenvalue weighted by Gasteiger charge is 2.09. The van der Waals surface area contributed by atoms with E-state index in [2.05, 4.69) is 41.4 Å². The van der Waals surface area contributed by atoms with Gasteiger partial charge in [0.1, 0.15) is 0 Å². The lowest BCUT2D eigenvalue weighted by molar-refractivity contribution is 1.04. The normalized spacial score (nSPS) is 11.1. The maximum Gasteiger partial charge on any atom is 0.151 e. The molecule has 1 aromatic heterocycles. The van der Waals surface area contributed by atoms with Crippen molar-refractivity contribution in [1.29, 1.82) is 0 Å². The summed E-state index contributed by atoms with van der Waals surface area (Å²) in [6.07, 6.45) is 6.48. The van der Waals surface area contributed by atoms with Gasteiger partial charge in [0.25, 0.3) is 0 Å². The zero-order chi connectivity index (χ0) is 12.8. The van der Waals surface area contributed by atoms with E-state index in [0.717, 1.165) is 34.9 Å². The fourth-order valence-corrected chi connectivity index (χ4v) is 1.61. The molecule has 3 heteroatoms. The van der Waals surface area contributed by atoms with Crippen LogP contribution in [0.15, 0.2) is 31.5 Å². The fraction of sp³-hybridized carbons (Fsp3) is 0.286. The van der Waals surface area contributed by atoms with Crippen LogP contribution in [0, 0.1) is 13.8 Å². The number of hydrogen-bond acceptors (Lipinski definition) is 3. The summed E-state index contributed by atoms with van der Waals surface area (Å²) in [4.78, 5) is 9.05. The number of allylic oxidation sites excluding steroid dienone is 3. The first-order valence-corrected chi connectivity index (χ1v) is 5.69. The Morgan fingerprint density at radius 3 is 2.47 bits per heavy atom. The number of aromatic nitrogens is 2. The standard InChI is InChI=1S/C14H19N3/c1-6-9-12(7-2)13-10(4)17-14(15-8-3)11(5)16-13/h7-9H,2-3,6H2,1,4-5H3,(H,15,17)/b12-9+. The summed E-state index contributed by atoms with van der Waals surface area (Å²) in [5.41, 5.74) is 3.67. The topological polar surface area (TPSA) is 37.8 Å². The molecule has 0 spiro atoms. The highest BCUT2D eigenvalue weighted by atomic mass is 15.0. The second kappa shape index (κ2) is 5.99. The molecule has 0 radical (unpaired) electrons. The van der Waals surface area contributed by atoms with Crippen LogP contribution in [-0.4, -0.2) is 9.97 Å². The molecule has 0 atom stereocenters. The van der Waals surface area contributed by atoms with Gasteiger partial charge in [0.2, 0.25) is 0 Å². The molecule has 1 rings (SSSR count). The van der Waals surface area contributed by atoms with Crippen molar-refractivity contribution < 1.29 is 0 Å². The Morgan fingerprint density at radius 1 is 1.24 bits per heavy atom. The molecule has 1 heterocycles. The van der Waals surface area contributed by atoms with Gasteiger partial charge in [-0.05, 0) is 32.0 Å². The van der Waals surface area contributed by atoms with Crippen LogP contribution in [0.5, 0.6) is 0 Å². The molecule has 0 saturated heterocycles. The summed E-state index contributed by atoms with van der Waals surface area (Å²) in [6, 6.07) is 0. The molecule has 0 bridgehead atoms. The summed E-state index contributed by atoms with van der Waals surface area (Å²) >= 11 is 0. The van der Waals surface area contributed by atoms with Crippen LogP contribution < -0.4 is 5.32 Å². The minimum Gasteiger partial charge on any atom is -0.346 e. The van der Waals surface area contributed by atoms with Gasteiger partial charge in [-0.3, -0.25) is 0 Å². The molecule has 1 N–H and O–H groups in total. The zero-order valence-electron chi connectivity index (χ0n) is 10.7. The highest BCUT2D eigenvalue weighted by Crippen LogP contribution is 2.20. The second-order valence-corrected chi connectivity index (χ2v) is 3.71. The van der Waals surface area contributed by atoms with Crippen LogP contribution in [0.2, 0.25) is 0 Å². The number of nitrogens with one attached hydrogen (secondary N) is 1. The van der Waals surface area contributed by atoms with E-state index >= 15 is 0 Å². The fourth-order valence-electron chi connectivity index (χ4n) is 1.61. The average molecular weight is 229 g/mol. The van der Waals surface area contributed by atoms with E-state index in [4.69, 9.17) is 0 Å². The number of anilines is 1. The molecule has 0 amide bonds. The molecule has 17 heavy (non-hydrogen) atoms. The van der Waals surface area contributed by atoms with E-state index in [0.29, 0.717) is 0 Å². The Morgan fingerprint density at radius 2 is 1.94 bits per heavy atom. The first-order chi connectivity index (χ1) is 8.13. The van der Waals surface area contributed by atoms with Gasteiger partial charge in [-0.25, -0.2) is 9.97 Å². The van der Waals surface area contributed by atoms with Gasteiger partial charge >= 0.3 is 0 Å². The summed E-state index contributed by atoms with van der Waals surface area (Å²) in [5, 5.41) is 2.98. The molecule has 1 aromatic rings. The number of aryl methyl sites for hydroxylation is 2. The third-order valence-electron chi connectivity index (χ3n) is 2.40. The van der Waals surface area contributed by atoms with Crippen LogP contribution in [0.3, 0.4) is 0 Å². The lowest BCUT2D eigenvalue weighted by Gasteiger charge is -2.10. The van der Waals surface area contributed by atoms with Crippen LogP contribution >= 0.6 is 0 Å². The van der Waals surface area contributed by atoms with Crippen molar-refractivity contribution in [1.82, 2.24) is 9.97 Å². The van der Waals surface area contributed by atoms with Crippen molar-refractivity contribution in [3.8, 4) is 0 Å². The SMILES string of the molecule is C=CNc1nc(C)c(/C(C=C)=C/CC)nc1C. The Labute approximate surface area is 103 Å². The summed E-state index contributed by atoms with van der Waals surface area (Å²) in [5.74, 6) is 0.751. The molecule has 0 aliphatic rings. The lowest BCUT2D eigenvalue weighted by atomic mass is 10.1. The van der Waals surface area contributed by atoms with E-state index in [1.165, 1.54) is 0 Å². The van der Waals surface area contributed by atoms with E-state index in [1.54, 1.807) is 6.20 Å². The van der Waals surface area contributed by atoms with Gasteiger partial charge in [0.05, 0.1) is 17.1 Å². The largest absolute Gasteiger partial charge is 0.346 e. The monoisotopic (exact) mass is 229 g/mol. The van der Waals surface area contributed by atoms with Crippen LogP contribution in [0.25, 0.3) is 5.57 Å². The van der Waals surface area contributed by atoms with Gasteiger partial charge in [0, 0.05) is 0 Å². The Kier molecular flexibility index (Phi) is 4.64. The van der Waals surface area contributed by atoms with Crippen molar-refractivity contribution in [2.45, 2.75) is 27.2 Å². The second-order valence-electron chi connectivity index (χ2n) is 3.71. The molecular weight excluding hydrogens is 210 g/mol. The average Bonchev–Trinajstić information content (AvgIpc) is 2.31. The number of nitrogens with zero attached hydrogens (tertiary/aromatic N) is 2. The maximum atomic E-state index is 4.57. The first-order valence-electron chi connectivity index (χ1n) is 5.69. The van der Waals surface area contributed by atoms with Crippen molar-refractivity contribution in [3.63, 3.8) is 0 Å². The molecule has 0 aliphatic heterocycles. The van der Waals surface area contributed by atoms with Crippen molar-refractivity contribution in [2.24, 2.45) is 0 Å². The van der Waals surface area contributed by atoms with Crippen LogP contribution in [0.4, 0.5) is 5.82 Å². The third kappa shape index (κ3) is 3.03. The minimum absolute atomic E-state index is 0.751. The maximum absolute atomic E-state index is 4.57. The predicted molar refractivity (Wildman–Crippen MR) is 73.8 cm³/mol. The summed E-state index contributed by atoms with van der Waals surface area (Å²) in [6.45, 7) is 13.4. The van der Waals surface area contributed by atoms with Crippen molar-refractivity contribution >= 4 is 11.4 Å². The predicted octanol–water partition coefficient (Wildman–Crippen LogP) is 3.63. The van der Waals surface area contributed by atoms with Gasteiger partial charge in [0.15, 0.2) is 5.82 Å². The zero-order valence-corrected chi connectivity index (χ0v) is 10.7. The third-order valence-corrected chi connectivity index (χ3v) is 2.40. The molecule has 0 aromatic carbocycles. The molecule has 90 valence electrons. The number of hydrogen-bond donors (Lipinski definition) is 1. The first kappa shape index (κ1) is 13.2. The van der Waals surface area contributed by atoms with Crippen molar-refractivity contribution in [2.75, 3.05) is 5.32 Å². The van der Waals surface area contributed by atoms with Gasteiger partial charge in [-0.2, -0.15) is 0 Å². The van der Waals surface area contributed by atoms with E-state index in [9.17, 15) is 0 Å². The smallest absolute Gasteiger partial charge is 0.151 e. The Bertz CT molecular complexity index is 459. The van der Waals surface area contributed by atoms with E-state index < -0.39 is 0 Å². The minimum atomic E-state index is 0.751. The van der Waals surface area contributed by atoms with E-state index in [1.807, 2.05) is 19.9 Å². The quantitative estimate of drug-likeness (QED) is 0.783. The number of rotatable bonds is 5. The summed E-state index contributed by atoms with van der Waals surface area (Å²) < 4.78 is 0. The molecule has 0 aliphatic carbocycles. The molecule has 0 unspecified atom stereocenters. The van der Waals surface area contributed by atoms with Gasteiger partial charge in [-0.15, -0.1) is 0 Å². The van der Waals surface area contributed by atoms with Crippen molar-refractivity contribution in [3.05, 3.63) is 48.6 Å². The highest BCUT2D eigenvalue weighted by molar-refractivity contribution is 5.73. The Hall–Kier alpha value is -1.90.